The highest BCUT2D eigenvalue weighted by Crippen LogP contribution is 2.28. The lowest BCUT2D eigenvalue weighted by Crippen LogP contribution is -2.57. The molecule has 2 aliphatic heterocycles. The zero-order chi connectivity index (χ0) is 21.3. The van der Waals surface area contributed by atoms with Crippen LogP contribution in [0.5, 0.6) is 0 Å². The van der Waals surface area contributed by atoms with E-state index in [4.69, 9.17) is 4.98 Å². The number of nitrogens with one attached hydrogen (secondary N) is 1. The highest BCUT2D eigenvalue weighted by atomic mass is 16.2. The number of likely N-dealkylation sites (tertiary alicyclic amines) is 1. The second kappa shape index (κ2) is 8.25. The van der Waals surface area contributed by atoms with Gasteiger partial charge in [0.2, 0.25) is 5.91 Å². The highest BCUT2D eigenvalue weighted by Gasteiger charge is 2.38. The quantitative estimate of drug-likeness (QED) is 0.840. The summed E-state index contributed by atoms with van der Waals surface area (Å²) in [4.78, 5) is 33.0. The number of aromatic nitrogens is 2. The number of imidazole rings is 1. The molecule has 1 atom stereocenters. The highest BCUT2D eigenvalue weighted by molar-refractivity contribution is 5.98. The minimum atomic E-state index is -0.561. The van der Waals surface area contributed by atoms with E-state index in [0.29, 0.717) is 5.69 Å². The molecule has 1 N–H and O–H groups in total. The summed E-state index contributed by atoms with van der Waals surface area (Å²) in [5.74, 6) is 0.617. The monoisotopic (exact) mass is 408 g/mol. The largest absolute Gasteiger partial charge is 0.341 e. The average molecular weight is 409 g/mol. The molecular formula is C24H32N4O2. The lowest BCUT2D eigenvalue weighted by Gasteiger charge is -2.38. The molecule has 1 aromatic heterocycles. The first-order valence-electron chi connectivity index (χ1n) is 11.1. The zero-order valence-corrected chi connectivity index (χ0v) is 18.3. The number of benzene rings is 1. The fourth-order valence-corrected chi connectivity index (χ4v) is 4.28. The maximum Gasteiger partial charge on any atom is 0.272 e. The molecule has 0 unspecified atom stereocenters. The number of hydrogen-bond donors (Lipinski definition) is 1. The van der Waals surface area contributed by atoms with Crippen LogP contribution in [-0.2, 0) is 17.8 Å². The zero-order valence-electron chi connectivity index (χ0n) is 18.3. The molecule has 2 aliphatic rings. The first-order valence-corrected chi connectivity index (χ1v) is 11.1. The molecule has 1 aromatic carbocycles. The van der Waals surface area contributed by atoms with E-state index in [2.05, 4.69) is 9.88 Å². The van der Waals surface area contributed by atoms with E-state index >= 15 is 0 Å². The summed E-state index contributed by atoms with van der Waals surface area (Å²) in [7, 11) is 0. The van der Waals surface area contributed by atoms with E-state index in [0.717, 1.165) is 68.8 Å². The SMILES string of the molecule is CC(C)(C)[C@H](NC(=O)c1nc(-c2ccccc2)n2c1CCCCC2)C(=O)N1CCC1. The number of nitrogens with zero attached hydrogens (tertiary/aromatic N) is 3. The van der Waals surface area contributed by atoms with Gasteiger partial charge in [-0.3, -0.25) is 9.59 Å². The molecule has 2 amide bonds. The Hall–Kier alpha value is -2.63. The fraction of sp³-hybridized carbons (Fsp3) is 0.542. The number of carbonyl (C=O) groups excluding carboxylic acids is 2. The van der Waals surface area contributed by atoms with E-state index in [1.165, 1.54) is 0 Å². The summed E-state index contributed by atoms with van der Waals surface area (Å²) in [6.45, 7) is 8.42. The van der Waals surface area contributed by atoms with E-state index in [1.807, 2.05) is 56.0 Å². The Balaban J connectivity index is 1.67. The van der Waals surface area contributed by atoms with Gasteiger partial charge in [0.25, 0.3) is 5.91 Å². The van der Waals surface area contributed by atoms with Crippen molar-refractivity contribution in [1.29, 1.82) is 0 Å². The van der Waals surface area contributed by atoms with Crippen LogP contribution >= 0.6 is 0 Å². The number of carbonyl (C=O) groups is 2. The van der Waals surface area contributed by atoms with Crippen molar-refractivity contribution in [2.45, 2.75) is 65.5 Å². The number of hydrogen-bond acceptors (Lipinski definition) is 3. The third kappa shape index (κ3) is 4.00. The number of amides is 2. The van der Waals surface area contributed by atoms with Gasteiger partial charge in [0.05, 0.1) is 5.69 Å². The first-order chi connectivity index (χ1) is 14.4. The Labute approximate surface area is 178 Å². The first kappa shape index (κ1) is 20.6. The Kier molecular flexibility index (Phi) is 5.67. The van der Waals surface area contributed by atoms with Crippen LogP contribution in [0.15, 0.2) is 30.3 Å². The van der Waals surface area contributed by atoms with Gasteiger partial charge in [-0.25, -0.2) is 4.98 Å². The molecule has 2 aromatic rings. The third-order valence-corrected chi connectivity index (χ3v) is 6.17. The summed E-state index contributed by atoms with van der Waals surface area (Å²) in [5, 5.41) is 3.05. The minimum absolute atomic E-state index is 0.00989. The summed E-state index contributed by atoms with van der Waals surface area (Å²) in [6.07, 6.45) is 5.15. The molecule has 4 rings (SSSR count). The third-order valence-electron chi connectivity index (χ3n) is 6.17. The van der Waals surface area contributed by atoms with Crippen LogP contribution in [0.1, 0.15) is 62.6 Å². The fourth-order valence-electron chi connectivity index (χ4n) is 4.28. The lowest BCUT2D eigenvalue weighted by molar-refractivity contribution is -0.139. The standard InChI is InChI=1S/C24H32N4O2/c1-24(2,3)20(23(30)27-14-10-15-27)26-22(29)19-18-13-8-5-9-16-28(18)21(25-19)17-11-6-4-7-12-17/h4,6-7,11-12,20H,5,8-10,13-16H2,1-3H3,(H,26,29)/t20-/m1/s1. The summed E-state index contributed by atoms with van der Waals surface area (Å²) < 4.78 is 2.21. The van der Waals surface area contributed by atoms with Crippen LogP contribution in [0.25, 0.3) is 11.4 Å². The van der Waals surface area contributed by atoms with Gasteiger partial charge in [-0.05, 0) is 31.1 Å². The van der Waals surface area contributed by atoms with Gasteiger partial charge in [-0.15, -0.1) is 0 Å². The van der Waals surface area contributed by atoms with Gasteiger partial charge in [0.1, 0.15) is 17.6 Å². The molecule has 30 heavy (non-hydrogen) atoms. The smallest absolute Gasteiger partial charge is 0.272 e. The van der Waals surface area contributed by atoms with Crippen LogP contribution in [0.2, 0.25) is 0 Å². The van der Waals surface area contributed by atoms with Gasteiger partial charge >= 0.3 is 0 Å². The van der Waals surface area contributed by atoms with Crippen molar-refractivity contribution in [3.8, 4) is 11.4 Å². The van der Waals surface area contributed by atoms with Gasteiger partial charge in [0.15, 0.2) is 0 Å². The summed E-state index contributed by atoms with van der Waals surface area (Å²) in [6, 6.07) is 9.48. The number of fused-ring (bicyclic) bond motifs is 1. The van der Waals surface area contributed by atoms with E-state index < -0.39 is 6.04 Å². The Morgan fingerprint density at radius 1 is 1.00 bits per heavy atom. The van der Waals surface area contributed by atoms with Crippen LogP contribution < -0.4 is 5.32 Å². The lowest BCUT2D eigenvalue weighted by atomic mass is 9.85. The van der Waals surface area contributed by atoms with Crippen molar-refractivity contribution in [2.75, 3.05) is 13.1 Å². The van der Waals surface area contributed by atoms with Crippen LogP contribution in [0.3, 0.4) is 0 Å². The van der Waals surface area contributed by atoms with Crippen molar-refractivity contribution in [3.63, 3.8) is 0 Å². The van der Waals surface area contributed by atoms with E-state index in [9.17, 15) is 9.59 Å². The molecule has 3 heterocycles. The van der Waals surface area contributed by atoms with Crippen molar-refractivity contribution < 1.29 is 9.59 Å². The van der Waals surface area contributed by atoms with E-state index in [-0.39, 0.29) is 17.2 Å². The Morgan fingerprint density at radius 2 is 1.73 bits per heavy atom. The molecule has 1 saturated heterocycles. The molecule has 0 spiro atoms. The molecule has 0 radical (unpaired) electrons. The molecule has 6 heteroatoms. The topological polar surface area (TPSA) is 67.2 Å². The van der Waals surface area contributed by atoms with Crippen molar-refractivity contribution in [1.82, 2.24) is 19.8 Å². The molecule has 6 nitrogen and oxygen atoms in total. The van der Waals surface area contributed by atoms with Crippen LogP contribution in [-0.4, -0.2) is 45.4 Å². The molecule has 0 aliphatic carbocycles. The summed E-state index contributed by atoms with van der Waals surface area (Å²) in [5.41, 5.74) is 2.11. The van der Waals surface area contributed by atoms with E-state index in [1.54, 1.807) is 0 Å². The summed E-state index contributed by atoms with van der Waals surface area (Å²) >= 11 is 0. The predicted octanol–water partition coefficient (Wildman–Crippen LogP) is 3.65. The molecule has 0 bridgehead atoms. The second-order valence-corrected chi connectivity index (χ2v) is 9.51. The van der Waals surface area contributed by atoms with Gasteiger partial charge in [-0.2, -0.15) is 0 Å². The minimum Gasteiger partial charge on any atom is -0.341 e. The van der Waals surface area contributed by atoms with Crippen molar-refractivity contribution in [3.05, 3.63) is 41.7 Å². The second-order valence-electron chi connectivity index (χ2n) is 9.51. The van der Waals surface area contributed by atoms with Crippen molar-refractivity contribution >= 4 is 11.8 Å². The molecular weight excluding hydrogens is 376 g/mol. The van der Waals surface area contributed by atoms with Gasteiger partial charge in [0, 0.05) is 25.2 Å². The van der Waals surface area contributed by atoms with Gasteiger partial charge in [-0.1, -0.05) is 57.5 Å². The normalized spacial score (nSPS) is 17.5. The van der Waals surface area contributed by atoms with Crippen molar-refractivity contribution in [2.24, 2.45) is 5.41 Å². The maximum atomic E-state index is 13.4. The van der Waals surface area contributed by atoms with Crippen LogP contribution in [0.4, 0.5) is 0 Å². The number of rotatable bonds is 4. The average Bonchev–Trinajstić information content (AvgIpc) is 2.85. The van der Waals surface area contributed by atoms with Crippen LogP contribution in [0, 0.1) is 5.41 Å². The van der Waals surface area contributed by atoms with Gasteiger partial charge < -0.3 is 14.8 Å². The molecule has 0 saturated carbocycles. The molecule has 1 fully saturated rings. The maximum absolute atomic E-state index is 13.4. The Morgan fingerprint density at radius 3 is 2.37 bits per heavy atom. The predicted molar refractivity (Wildman–Crippen MR) is 117 cm³/mol. The Bertz CT molecular complexity index is 923. The molecule has 160 valence electrons.